The third-order valence-electron chi connectivity index (χ3n) is 5.87. The Hall–Kier alpha value is -2.39. The van der Waals surface area contributed by atoms with E-state index >= 15 is 0 Å². The van der Waals surface area contributed by atoms with E-state index in [1.54, 1.807) is 24.8 Å². The molecule has 8 nitrogen and oxygen atoms in total. The maximum atomic E-state index is 13.1. The van der Waals surface area contributed by atoms with Gasteiger partial charge in [-0.2, -0.15) is 4.31 Å². The van der Waals surface area contributed by atoms with E-state index < -0.39 is 10.0 Å². The molecule has 1 fully saturated rings. The molecule has 4 rings (SSSR count). The number of benzene rings is 1. The molecular formula is C20H25N3O5S. The zero-order valence-electron chi connectivity index (χ0n) is 17.0. The number of carbonyl (C=O) groups excluding carboxylic acids is 1. The first-order chi connectivity index (χ1) is 13.7. The number of rotatable bonds is 3. The molecule has 2 aliphatic rings. The number of piperazine rings is 1. The second-order valence-corrected chi connectivity index (χ2v) is 9.56. The monoisotopic (exact) mass is 419 g/mol. The number of sulfonamides is 1. The lowest BCUT2D eigenvalue weighted by Crippen LogP contribution is -2.50. The maximum absolute atomic E-state index is 13.1. The lowest BCUT2D eigenvalue weighted by atomic mass is 9.96. The summed E-state index contributed by atoms with van der Waals surface area (Å²) in [6.07, 6.45) is 0.0241. The quantitative estimate of drug-likeness (QED) is 0.758. The predicted molar refractivity (Wildman–Crippen MR) is 106 cm³/mol. The van der Waals surface area contributed by atoms with Crippen molar-refractivity contribution in [2.45, 2.75) is 44.6 Å². The first kappa shape index (κ1) is 19.9. The van der Waals surface area contributed by atoms with Gasteiger partial charge in [-0.3, -0.25) is 4.79 Å². The van der Waals surface area contributed by atoms with Gasteiger partial charge in [0, 0.05) is 37.7 Å². The van der Waals surface area contributed by atoms with Crippen molar-refractivity contribution in [2.75, 3.05) is 26.2 Å². The second-order valence-electron chi connectivity index (χ2n) is 7.69. The van der Waals surface area contributed by atoms with Gasteiger partial charge in [-0.1, -0.05) is 24.2 Å². The van der Waals surface area contributed by atoms with Crippen LogP contribution in [0.4, 0.5) is 0 Å². The molecule has 0 N–H and O–H groups in total. The fraction of sp³-hybridized carbons (Fsp3) is 0.500. The van der Waals surface area contributed by atoms with E-state index in [4.69, 9.17) is 9.26 Å². The van der Waals surface area contributed by atoms with E-state index in [-0.39, 0.29) is 41.7 Å². The first-order valence-electron chi connectivity index (χ1n) is 9.73. The molecule has 0 radical (unpaired) electrons. The van der Waals surface area contributed by atoms with Gasteiger partial charge in [0.1, 0.15) is 22.4 Å². The van der Waals surface area contributed by atoms with Crippen molar-refractivity contribution in [2.24, 2.45) is 0 Å². The van der Waals surface area contributed by atoms with Gasteiger partial charge >= 0.3 is 0 Å². The molecule has 0 unspecified atom stereocenters. The Bertz CT molecular complexity index is 1030. The molecule has 9 heteroatoms. The van der Waals surface area contributed by atoms with Gasteiger partial charge < -0.3 is 14.2 Å². The number of hydrogen-bond donors (Lipinski definition) is 0. The van der Waals surface area contributed by atoms with Gasteiger partial charge in [-0.15, -0.1) is 0 Å². The SMILES string of the molecule is Cc1noc(C)c1S(=O)(=O)N1CCN(C(=O)c2cccc3c2O[C@@H](C)[C@@H]3C)CC1. The van der Waals surface area contributed by atoms with E-state index in [2.05, 4.69) is 12.1 Å². The van der Waals surface area contributed by atoms with Gasteiger partial charge in [0.25, 0.3) is 5.91 Å². The van der Waals surface area contributed by atoms with Crippen LogP contribution in [0, 0.1) is 13.8 Å². The average molecular weight is 420 g/mol. The number of aryl methyl sites for hydroxylation is 2. The van der Waals surface area contributed by atoms with E-state index in [1.807, 2.05) is 19.1 Å². The smallest absolute Gasteiger partial charge is 0.257 e. The van der Waals surface area contributed by atoms with Crippen molar-refractivity contribution in [1.29, 1.82) is 0 Å². The van der Waals surface area contributed by atoms with Crippen LogP contribution in [0.25, 0.3) is 0 Å². The van der Waals surface area contributed by atoms with Crippen LogP contribution in [-0.4, -0.2) is 61.0 Å². The largest absolute Gasteiger partial charge is 0.489 e. The number of hydrogen-bond acceptors (Lipinski definition) is 6. The molecule has 156 valence electrons. The van der Waals surface area contributed by atoms with Crippen LogP contribution in [0.2, 0.25) is 0 Å². The molecule has 0 spiro atoms. The highest BCUT2D eigenvalue weighted by Gasteiger charge is 2.36. The lowest BCUT2D eigenvalue weighted by Gasteiger charge is -2.34. The number of ether oxygens (including phenoxy) is 1. The van der Waals surface area contributed by atoms with E-state index in [1.165, 1.54) is 4.31 Å². The van der Waals surface area contributed by atoms with Gasteiger partial charge in [0.15, 0.2) is 5.76 Å². The van der Waals surface area contributed by atoms with Crippen LogP contribution in [-0.2, 0) is 10.0 Å². The third-order valence-corrected chi connectivity index (χ3v) is 8.01. The molecule has 0 saturated carbocycles. The third kappa shape index (κ3) is 3.22. The van der Waals surface area contributed by atoms with Gasteiger partial charge in [-0.25, -0.2) is 8.42 Å². The van der Waals surface area contributed by atoms with Crippen LogP contribution >= 0.6 is 0 Å². The predicted octanol–water partition coefficient (Wildman–Crippen LogP) is 2.32. The van der Waals surface area contributed by atoms with Gasteiger partial charge in [0.2, 0.25) is 10.0 Å². The number of fused-ring (bicyclic) bond motifs is 1. The van der Waals surface area contributed by atoms with E-state index in [0.29, 0.717) is 30.1 Å². The fourth-order valence-corrected chi connectivity index (χ4v) is 5.74. The van der Waals surface area contributed by atoms with Gasteiger partial charge in [-0.05, 0) is 26.8 Å². The Morgan fingerprint density at radius 3 is 2.45 bits per heavy atom. The molecule has 1 amide bonds. The van der Waals surface area contributed by atoms with Crippen LogP contribution in [0.1, 0.15) is 47.1 Å². The van der Waals surface area contributed by atoms with E-state index in [9.17, 15) is 13.2 Å². The fourth-order valence-electron chi connectivity index (χ4n) is 4.03. The summed E-state index contributed by atoms with van der Waals surface area (Å²) in [6.45, 7) is 8.36. The van der Waals surface area contributed by atoms with Crippen LogP contribution < -0.4 is 4.74 Å². The molecule has 1 aromatic heterocycles. The average Bonchev–Trinajstić information content (AvgIpc) is 3.20. The summed E-state index contributed by atoms with van der Waals surface area (Å²) in [5.74, 6) is 1.04. The Labute approximate surface area is 170 Å². The van der Waals surface area contributed by atoms with Crippen molar-refractivity contribution < 1.29 is 22.5 Å². The summed E-state index contributed by atoms with van der Waals surface area (Å²) >= 11 is 0. The van der Waals surface area contributed by atoms with Crippen molar-refractivity contribution in [3.05, 3.63) is 40.8 Å². The number of aromatic nitrogens is 1. The van der Waals surface area contributed by atoms with Crippen molar-refractivity contribution in [1.82, 2.24) is 14.4 Å². The van der Waals surface area contributed by atoms with Crippen molar-refractivity contribution in [3.63, 3.8) is 0 Å². The van der Waals surface area contributed by atoms with Crippen molar-refractivity contribution in [3.8, 4) is 5.75 Å². The van der Waals surface area contributed by atoms with Crippen molar-refractivity contribution >= 4 is 15.9 Å². The highest BCUT2D eigenvalue weighted by molar-refractivity contribution is 7.89. The maximum Gasteiger partial charge on any atom is 0.257 e. The van der Waals surface area contributed by atoms with E-state index in [0.717, 1.165) is 5.56 Å². The van der Waals surface area contributed by atoms with Crippen LogP contribution in [0.15, 0.2) is 27.6 Å². The molecule has 2 aliphatic heterocycles. The molecule has 1 aromatic carbocycles. The molecule has 1 saturated heterocycles. The Kier molecular flexibility index (Phi) is 4.90. The molecule has 2 atom stereocenters. The number of nitrogens with zero attached hydrogens (tertiary/aromatic N) is 3. The molecular weight excluding hydrogens is 394 g/mol. The summed E-state index contributed by atoms with van der Waals surface area (Å²) in [6, 6.07) is 5.65. The number of carbonyl (C=O) groups is 1. The number of amides is 1. The Morgan fingerprint density at radius 2 is 1.83 bits per heavy atom. The minimum absolute atomic E-state index is 0.0241. The summed E-state index contributed by atoms with van der Waals surface area (Å²) in [7, 11) is -3.70. The number of para-hydroxylation sites is 1. The highest BCUT2D eigenvalue weighted by Crippen LogP contribution is 2.40. The molecule has 0 bridgehead atoms. The minimum Gasteiger partial charge on any atom is -0.489 e. The molecule has 0 aliphatic carbocycles. The minimum atomic E-state index is -3.70. The summed E-state index contributed by atoms with van der Waals surface area (Å²) in [5.41, 5.74) is 1.94. The standard InChI is InChI=1S/C20H25N3O5S/c1-12-14(3)27-18-16(12)6-5-7-17(18)20(24)22-8-10-23(11-9-22)29(25,26)19-13(2)21-28-15(19)4/h5-7,12,14H,8-11H2,1-4H3/t12-,14-/m0/s1. The highest BCUT2D eigenvalue weighted by atomic mass is 32.2. The topological polar surface area (TPSA) is 93.0 Å². The summed E-state index contributed by atoms with van der Waals surface area (Å²) in [5, 5.41) is 3.75. The van der Waals surface area contributed by atoms with Gasteiger partial charge in [0.05, 0.1) is 5.56 Å². The zero-order chi connectivity index (χ0) is 20.9. The summed E-state index contributed by atoms with van der Waals surface area (Å²) < 4.78 is 38.3. The Morgan fingerprint density at radius 1 is 1.14 bits per heavy atom. The Balaban J connectivity index is 1.51. The normalized spacial score (nSPS) is 22.4. The molecule has 29 heavy (non-hydrogen) atoms. The molecule has 3 heterocycles. The van der Waals surface area contributed by atoms with Crippen LogP contribution in [0.3, 0.4) is 0 Å². The lowest BCUT2D eigenvalue weighted by molar-refractivity contribution is 0.0692. The summed E-state index contributed by atoms with van der Waals surface area (Å²) in [4.78, 5) is 14.9. The van der Waals surface area contributed by atoms with Crippen LogP contribution in [0.5, 0.6) is 5.75 Å². The second kappa shape index (κ2) is 7.14. The first-order valence-corrected chi connectivity index (χ1v) is 11.2. The zero-order valence-corrected chi connectivity index (χ0v) is 17.8. The molecule has 2 aromatic rings.